The molecule has 0 bridgehead atoms. The molecule has 0 unspecified atom stereocenters. The van der Waals surface area contributed by atoms with Crippen LogP contribution in [-0.4, -0.2) is 23.3 Å². The van der Waals surface area contributed by atoms with Crippen LogP contribution in [0.25, 0.3) is 0 Å². The third kappa shape index (κ3) is 3.75. The summed E-state index contributed by atoms with van der Waals surface area (Å²) in [5, 5.41) is 9.45. The van der Waals surface area contributed by atoms with Crippen LogP contribution in [0.5, 0.6) is 5.75 Å². The molecule has 22 heavy (non-hydrogen) atoms. The SMILES string of the molecule is CC[C@H](NC(=O)Nc1ccc(OC)c(C)c1)c1noc(C)n1. The monoisotopic (exact) mass is 304 g/mol. The van der Waals surface area contributed by atoms with Crippen molar-refractivity contribution in [1.82, 2.24) is 15.5 Å². The van der Waals surface area contributed by atoms with Crippen LogP contribution in [0, 0.1) is 13.8 Å². The third-order valence-electron chi connectivity index (χ3n) is 3.22. The highest BCUT2D eigenvalue weighted by molar-refractivity contribution is 5.89. The van der Waals surface area contributed by atoms with Crippen LogP contribution in [0.4, 0.5) is 10.5 Å². The number of urea groups is 1. The third-order valence-corrected chi connectivity index (χ3v) is 3.22. The number of aryl methyl sites for hydroxylation is 2. The molecule has 0 aliphatic rings. The molecular formula is C15H20N4O3. The van der Waals surface area contributed by atoms with Gasteiger partial charge < -0.3 is 19.9 Å². The number of hydrogen-bond acceptors (Lipinski definition) is 5. The van der Waals surface area contributed by atoms with Crippen molar-refractivity contribution in [3.8, 4) is 5.75 Å². The molecule has 118 valence electrons. The van der Waals surface area contributed by atoms with Gasteiger partial charge in [0.1, 0.15) is 5.75 Å². The van der Waals surface area contributed by atoms with Crippen molar-refractivity contribution < 1.29 is 14.1 Å². The minimum Gasteiger partial charge on any atom is -0.496 e. The number of amides is 2. The molecular weight excluding hydrogens is 284 g/mol. The van der Waals surface area contributed by atoms with Crippen molar-refractivity contribution in [1.29, 1.82) is 0 Å². The van der Waals surface area contributed by atoms with E-state index in [2.05, 4.69) is 20.8 Å². The largest absolute Gasteiger partial charge is 0.496 e. The Labute approximate surface area is 129 Å². The van der Waals surface area contributed by atoms with Gasteiger partial charge in [0, 0.05) is 12.6 Å². The summed E-state index contributed by atoms with van der Waals surface area (Å²) in [4.78, 5) is 16.2. The maximum Gasteiger partial charge on any atom is 0.319 e. The highest BCUT2D eigenvalue weighted by Gasteiger charge is 2.18. The van der Waals surface area contributed by atoms with E-state index in [0.29, 0.717) is 23.8 Å². The molecule has 0 fully saturated rings. The van der Waals surface area contributed by atoms with E-state index in [0.717, 1.165) is 11.3 Å². The molecule has 1 atom stereocenters. The van der Waals surface area contributed by atoms with E-state index in [4.69, 9.17) is 9.26 Å². The van der Waals surface area contributed by atoms with E-state index >= 15 is 0 Å². The van der Waals surface area contributed by atoms with Gasteiger partial charge in [-0.25, -0.2) is 4.79 Å². The minimum absolute atomic E-state index is 0.295. The molecule has 0 saturated carbocycles. The number of methoxy groups -OCH3 is 1. The molecule has 7 nitrogen and oxygen atoms in total. The van der Waals surface area contributed by atoms with E-state index in [1.807, 2.05) is 26.0 Å². The lowest BCUT2D eigenvalue weighted by molar-refractivity contribution is 0.247. The molecule has 0 spiro atoms. The van der Waals surface area contributed by atoms with Crippen molar-refractivity contribution >= 4 is 11.7 Å². The summed E-state index contributed by atoms with van der Waals surface area (Å²) in [6.45, 7) is 5.57. The summed E-state index contributed by atoms with van der Waals surface area (Å²) in [5.74, 6) is 1.72. The predicted octanol–water partition coefficient (Wildman–Crippen LogP) is 2.97. The lowest BCUT2D eigenvalue weighted by Gasteiger charge is -2.14. The fourth-order valence-corrected chi connectivity index (χ4v) is 2.09. The van der Waals surface area contributed by atoms with Crippen LogP contribution < -0.4 is 15.4 Å². The topological polar surface area (TPSA) is 89.3 Å². The van der Waals surface area contributed by atoms with E-state index < -0.39 is 0 Å². The van der Waals surface area contributed by atoms with Gasteiger partial charge in [0.15, 0.2) is 5.82 Å². The summed E-state index contributed by atoms with van der Waals surface area (Å²) >= 11 is 0. The van der Waals surface area contributed by atoms with E-state index in [1.165, 1.54) is 0 Å². The molecule has 2 aromatic rings. The predicted molar refractivity (Wildman–Crippen MR) is 82.0 cm³/mol. The zero-order valence-corrected chi connectivity index (χ0v) is 13.1. The number of ether oxygens (including phenoxy) is 1. The number of hydrogen-bond donors (Lipinski definition) is 2. The van der Waals surface area contributed by atoms with Gasteiger partial charge >= 0.3 is 6.03 Å². The highest BCUT2D eigenvalue weighted by Crippen LogP contribution is 2.21. The quantitative estimate of drug-likeness (QED) is 0.886. The Bertz CT molecular complexity index is 654. The zero-order chi connectivity index (χ0) is 16.1. The molecule has 0 aliphatic heterocycles. The highest BCUT2D eigenvalue weighted by atomic mass is 16.5. The number of benzene rings is 1. The average molecular weight is 304 g/mol. The lowest BCUT2D eigenvalue weighted by Crippen LogP contribution is -2.32. The Morgan fingerprint density at radius 2 is 2.18 bits per heavy atom. The zero-order valence-electron chi connectivity index (χ0n) is 13.1. The summed E-state index contributed by atoms with van der Waals surface area (Å²) in [5.41, 5.74) is 1.64. The van der Waals surface area contributed by atoms with Crippen LogP contribution in [-0.2, 0) is 0 Å². The molecule has 2 amide bonds. The summed E-state index contributed by atoms with van der Waals surface area (Å²) in [6.07, 6.45) is 0.661. The summed E-state index contributed by atoms with van der Waals surface area (Å²) in [7, 11) is 1.61. The van der Waals surface area contributed by atoms with Crippen molar-refractivity contribution in [2.45, 2.75) is 33.2 Å². The number of nitrogens with one attached hydrogen (secondary N) is 2. The fourth-order valence-electron chi connectivity index (χ4n) is 2.09. The van der Waals surface area contributed by atoms with Crippen LogP contribution >= 0.6 is 0 Å². The first-order valence-electron chi connectivity index (χ1n) is 7.05. The van der Waals surface area contributed by atoms with Crippen molar-refractivity contribution in [3.63, 3.8) is 0 Å². The Hall–Kier alpha value is -2.57. The van der Waals surface area contributed by atoms with Crippen LogP contribution in [0.1, 0.15) is 36.7 Å². The smallest absolute Gasteiger partial charge is 0.319 e. The molecule has 0 aliphatic carbocycles. The second-order valence-electron chi connectivity index (χ2n) is 4.92. The van der Waals surface area contributed by atoms with Crippen molar-refractivity contribution in [3.05, 3.63) is 35.5 Å². The Morgan fingerprint density at radius 3 is 2.73 bits per heavy atom. The number of carbonyl (C=O) groups is 1. The molecule has 2 rings (SSSR count). The molecule has 2 N–H and O–H groups in total. The lowest BCUT2D eigenvalue weighted by atomic mass is 10.2. The maximum atomic E-state index is 12.1. The van der Waals surface area contributed by atoms with Gasteiger partial charge in [-0.05, 0) is 37.1 Å². The van der Waals surface area contributed by atoms with Crippen molar-refractivity contribution in [2.24, 2.45) is 0 Å². The second kappa shape index (κ2) is 6.93. The van der Waals surface area contributed by atoms with Crippen LogP contribution in [0.2, 0.25) is 0 Å². The van der Waals surface area contributed by atoms with Crippen LogP contribution in [0.15, 0.2) is 22.7 Å². The Morgan fingerprint density at radius 1 is 1.41 bits per heavy atom. The number of aromatic nitrogens is 2. The van der Waals surface area contributed by atoms with Gasteiger partial charge in [-0.3, -0.25) is 0 Å². The van der Waals surface area contributed by atoms with Gasteiger partial charge in [0.25, 0.3) is 0 Å². The molecule has 1 aromatic carbocycles. The summed E-state index contributed by atoms with van der Waals surface area (Å²) < 4.78 is 10.1. The number of rotatable bonds is 5. The molecule has 0 radical (unpaired) electrons. The van der Waals surface area contributed by atoms with Gasteiger partial charge in [0.05, 0.1) is 13.2 Å². The van der Waals surface area contributed by atoms with E-state index in [9.17, 15) is 4.79 Å². The van der Waals surface area contributed by atoms with Crippen molar-refractivity contribution in [2.75, 3.05) is 12.4 Å². The van der Waals surface area contributed by atoms with E-state index in [1.54, 1.807) is 20.1 Å². The van der Waals surface area contributed by atoms with Gasteiger partial charge in [0.2, 0.25) is 5.89 Å². The normalized spacial score (nSPS) is 11.8. The number of anilines is 1. The molecule has 7 heteroatoms. The molecule has 1 heterocycles. The Balaban J connectivity index is 2.01. The van der Waals surface area contributed by atoms with Gasteiger partial charge in [-0.1, -0.05) is 12.1 Å². The average Bonchev–Trinajstić information content (AvgIpc) is 2.91. The molecule has 0 saturated heterocycles. The first-order valence-corrected chi connectivity index (χ1v) is 7.05. The Kier molecular flexibility index (Phi) is 4.98. The second-order valence-corrected chi connectivity index (χ2v) is 4.92. The first-order chi connectivity index (χ1) is 10.5. The first kappa shape index (κ1) is 15.8. The fraction of sp³-hybridized carbons (Fsp3) is 0.400. The maximum absolute atomic E-state index is 12.1. The molecule has 1 aromatic heterocycles. The number of carbonyl (C=O) groups excluding carboxylic acids is 1. The minimum atomic E-state index is -0.320. The summed E-state index contributed by atoms with van der Waals surface area (Å²) in [6, 6.07) is 4.82. The number of nitrogens with zero attached hydrogens (tertiary/aromatic N) is 2. The van der Waals surface area contributed by atoms with Gasteiger partial charge in [-0.2, -0.15) is 4.98 Å². The van der Waals surface area contributed by atoms with E-state index in [-0.39, 0.29) is 12.1 Å². The standard InChI is InChI=1S/C15H20N4O3/c1-5-12(14-16-10(3)22-19-14)18-15(20)17-11-6-7-13(21-4)9(2)8-11/h6-8,12H,5H2,1-4H3,(H2,17,18,20)/t12-/m0/s1. The van der Waals surface area contributed by atoms with Gasteiger partial charge in [-0.15, -0.1) is 0 Å². The van der Waals surface area contributed by atoms with Crippen LogP contribution in [0.3, 0.4) is 0 Å².